The number of hydrogen-bond donors (Lipinski definition) is 2. The van der Waals surface area contributed by atoms with Gasteiger partial charge in [0.1, 0.15) is 0 Å². The van der Waals surface area contributed by atoms with Crippen LogP contribution in [-0.2, 0) is 26.0 Å². The Hall–Kier alpha value is -3.95. The minimum atomic E-state index is -4.13. The van der Waals surface area contributed by atoms with E-state index in [1.54, 1.807) is 48.5 Å². The number of esters is 1. The molecule has 3 aromatic carbocycles. The Morgan fingerprint density at radius 1 is 0.949 bits per heavy atom. The summed E-state index contributed by atoms with van der Waals surface area (Å²) in [6.07, 6.45) is 2.17. The molecular formula is C30H33N3O5S. The highest BCUT2D eigenvalue weighted by Crippen LogP contribution is 2.30. The molecule has 1 aliphatic rings. The molecule has 0 saturated heterocycles. The van der Waals surface area contributed by atoms with Gasteiger partial charge in [-0.25, -0.2) is 23.4 Å². The zero-order chi connectivity index (χ0) is 28.0. The van der Waals surface area contributed by atoms with Gasteiger partial charge >= 0.3 is 5.97 Å². The van der Waals surface area contributed by atoms with Gasteiger partial charge in [-0.3, -0.25) is 4.79 Å². The fourth-order valence-corrected chi connectivity index (χ4v) is 5.92. The minimum Gasteiger partial charge on any atom is -0.466 e. The van der Waals surface area contributed by atoms with Gasteiger partial charge in [0.25, 0.3) is 15.9 Å². The molecule has 0 bridgehead atoms. The Labute approximate surface area is 229 Å². The van der Waals surface area contributed by atoms with E-state index in [1.807, 2.05) is 36.2 Å². The topological polar surface area (TPSA) is 105 Å². The highest BCUT2D eigenvalue weighted by Gasteiger charge is 2.34. The van der Waals surface area contributed by atoms with Gasteiger partial charge < -0.3 is 9.75 Å². The van der Waals surface area contributed by atoms with Crippen molar-refractivity contribution in [1.82, 2.24) is 15.2 Å². The Bertz CT molecular complexity index is 1470. The number of rotatable bonds is 10. The number of benzene rings is 3. The molecule has 1 unspecified atom stereocenters. The van der Waals surface area contributed by atoms with Crippen LogP contribution in [0, 0.1) is 0 Å². The number of hydrazine groups is 1. The summed E-state index contributed by atoms with van der Waals surface area (Å²) in [6, 6.07) is 22.2. The SMILES string of the molecule is CCCN1NC(CC)C(C(=O)OC)=C1Cc1ccc(-c2ccccc2S(=O)(=O)NC(=O)c2ccccc2)cc1. The predicted molar refractivity (Wildman–Crippen MR) is 150 cm³/mol. The van der Waals surface area contributed by atoms with Crippen molar-refractivity contribution >= 4 is 21.9 Å². The lowest BCUT2D eigenvalue weighted by molar-refractivity contribution is -0.136. The maximum atomic E-state index is 13.2. The maximum Gasteiger partial charge on any atom is 0.337 e. The van der Waals surface area contributed by atoms with E-state index >= 15 is 0 Å². The molecule has 0 fully saturated rings. The van der Waals surface area contributed by atoms with Crippen molar-refractivity contribution in [3.63, 3.8) is 0 Å². The van der Waals surface area contributed by atoms with Crippen LogP contribution in [-0.4, -0.2) is 45.0 Å². The minimum absolute atomic E-state index is 0.0117. The van der Waals surface area contributed by atoms with E-state index in [4.69, 9.17) is 4.74 Å². The monoisotopic (exact) mass is 547 g/mol. The number of allylic oxidation sites excluding steroid dienone is 1. The van der Waals surface area contributed by atoms with Crippen molar-refractivity contribution < 1.29 is 22.7 Å². The highest BCUT2D eigenvalue weighted by molar-refractivity contribution is 7.90. The summed E-state index contributed by atoms with van der Waals surface area (Å²) in [7, 11) is -2.74. The number of nitrogens with one attached hydrogen (secondary N) is 2. The summed E-state index contributed by atoms with van der Waals surface area (Å²) >= 11 is 0. The summed E-state index contributed by atoms with van der Waals surface area (Å²) in [5.41, 5.74) is 7.34. The first-order valence-electron chi connectivity index (χ1n) is 12.9. The third kappa shape index (κ3) is 6.21. The van der Waals surface area contributed by atoms with Crippen LogP contribution < -0.4 is 10.1 Å². The largest absolute Gasteiger partial charge is 0.466 e. The van der Waals surface area contributed by atoms with E-state index in [9.17, 15) is 18.0 Å². The molecule has 0 spiro atoms. The lowest BCUT2D eigenvalue weighted by atomic mass is 9.98. The molecule has 4 rings (SSSR count). The Morgan fingerprint density at radius 3 is 2.26 bits per heavy atom. The van der Waals surface area contributed by atoms with Crippen molar-refractivity contribution in [2.75, 3.05) is 13.7 Å². The summed E-state index contributed by atoms with van der Waals surface area (Å²) in [5, 5.41) is 2.03. The van der Waals surface area contributed by atoms with Crippen molar-refractivity contribution in [1.29, 1.82) is 0 Å². The fourth-order valence-electron chi connectivity index (χ4n) is 4.72. The van der Waals surface area contributed by atoms with Gasteiger partial charge in [-0.1, -0.05) is 74.5 Å². The van der Waals surface area contributed by atoms with Gasteiger partial charge in [0.05, 0.1) is 23.6 Å². The van der Waals surface area contributed by atoms with Crippen molar-refractivity contribution in [3.05, 3.63) is 101 Å². The van der Waals surface area contributed by atoms with Gasteiger partial charge in [0.2, 0.25) is 0 Å². The average molecular weight is 548 g/mol. The van der Waals surface area contributed by atoms with Gasteiger partial charge in [-0.2, -0.15) is 0 Å². The first-order valence-corrected chi connectivity index (χ1v) is 14.4. The molecule has 204 valence electrons. The van der Waals surface area contributed by atoms with E-state index in [-0.39, 0.29) is 22.5 Å². The molecule has 1 heterocycles. The molecule has 0 aromatic heterocycles. The van der Waals surface area contributed by atoms with E-state index in [2.05, 4.69) is 17.1 Å². The molecule has 2 N–H and O–H groups in total. The zero-order valence-electron chi connectivity index (χ0n) is 22.3. The lowest BCUT2D eigenvalue weighted by Gasteiger charge is -2.23. The number of amides is 1. The van der Waals surface area contributed by atoms with Crippen molar-refractivity contribution in [3.8, 4) is 11.1 Å². The smallest absolute Gasteiger partial charge is 0.337 e. The molecule has 1 amide bonds. The normalized spacial score (nSPS) is 15.4. The van der Waals surface area contributed by atoms with E-state index < -0.39 is 15.9 Å². The number of carbonyl (C=O) groups is 2. The molecule has 1 aliphatic heterocycles. The van der Waals surface area contributed by atoms with Crippen LogP contribution in [0.5, 0.6) is 0 Å². The van der Waals surface area contributed by atoms with Gasteiger partial charge in [-0.05, 0) is 42.2 Å². The Balaban J connectivity index is 1.62. The maximum absolute atomic E-state index is 13.2. The van der Waals surface area contributed by atoms with Crippen LogP contribution >= 0.6 is 0 Å². The molecule has 0 saturated carbocycles. The van der Waals surface area contributed by atoms with Gasteiger partial charge in [0, 0.05) is 29.8 Å². The van der Waals surface area contributed by atoms with Crippen LogP contribution in [0.4, 0.5) is 0 Å². The fraction of sp³-hybridized carbons (Fsp3) is 0.267. The van der Waals surface area contributed by atoms with Crippen LogP contribution in [0.1, 0.15) is 42.6 Å². The van der Waals surface area contributed by atoms with E-state index in [0.29, 0.717) is 23.1 Å². The van der Waals surface area contributed by atoms with E-state index in [1.165, 1.54) is 13.2 Å². The first kappa shape index (κ1) is 28.1. The second-order valence-electron chi connectivity index (χ2n) is 9.26. The molecular weight excluding hydrogens is 514 g/mol. The number of carbonyl (C=O) groups excluding carboxylic acids is 2. The summed E-state index contributed by atoms with van der Waals surface area (Å²) in [5.74, 6) is -1.03. The van der Waals surface area contributed by atoms with Gasteiger partial charge in [-0.15, -0.1) is 0 Å². The highest BCUT2D eigenvalue weighted by atomic mass is 32.2. The third-order valence-corrected chi connectivity index (χ3v) is 8.02. The molecule has 3 aromatic rings. The number of methoxy groups -OCH3 is 1. The van der Waals surface area contributed by atoms with Crippen LogP contribution in [0.3, 0.4) is 0 Å². The molecule has 1 atom stereocenters. The number of ether oxygens (including phenoxy) is 1. The van der Waals surface area contributed by atoms with Gasteiger partial charge in [0.15, 0.2) is 0 Å². The first-order chi connectivity index (χ1) is 18.8. The summed E-state index contributed by atoms with van der Waals surface area (Å²) < 4.78 is 33.7. The second-order valence-corrected chi connectivity index (χ2v) is 10.9. The standard InChI is InChI=1S/C30H33N3O5S/c1-4-19-33-26(28(30(35)38-3)25(5-2)31-33)20-21-15-17-22(18-16-21)24-13-9-10-14-27(24)39(36,37)32-29(34)23-11-7-6-8-12-23/h6-18,25,31H,4-5,19-20H2,1-3H3,(H,32,34). The van der Waals surface area contributed by atoms with Crippen LogP contribution in [0.15, 0.2) is 95.0 Å². The molecule has 9 heteroatoms. The van der Waals surface area contributed by atoms with E-state index in [0.717, 1.165) is 30.6 Å². The lowest BCUT2D eigenvalue weighted by Crippen LogP contribution is -2.38. The quantitative estimate of drug-likeness (QED) is 0.361. The second kappa shape index (κ2) is 12.3. The summed E-state index contributed by atoms with van der Waals surface area (Å²) in [6.45, 7) is 4.86. The predicted octanol–water partition coefficient (Wildman–Crippen LogP) is 4.45. The Morgan fingerprint density at radius 2 is 1.62 bits per heavy atom. The molecule has 39 heavy (non-hydrogen) atoms. The van der Waals surface area contributed by atoms with Crippen molar-refractivity contribution in [2.45, 2.75) is 44.0 Å². The third-order valence-electron chi connectivity index (χ3n) is 6.63. The molecule has 8 nitrogen and oxygen atoms in total. The average Bonchev–Trinajstić information content (AvgIpc) is 3.30. The zero-order valence-corrected chi connectivity index (χ0v) is 23.1. The molecule has 0 radical (unpaired) electrons. The summed E-state index contributed by atoms with van der Waals surface area (Å²) in [4.78, 5) is 25.2. The Kier molecular flexibility index (Phi) is 8.83. The van der Waals surface area contributed by atoms with Crippen LogP contribution in [0.2, 0.25) is 0 Å². The van der Waals surface area contributed by atoms with Crippen molar-refractivity contribution in [2.24, 2.45) is 0 Å². The number of nitrogens with zero attached hydrogens (tertiary/aromatic N) is 1. The number of hydrogen-bond acceptors (Lipinski definition) is 7. The van der Waals surface area contributed by atoms with Crippen LogP contribution in [0.25, 0.3) is 11.1 Å². The number of sulfonamides is 1. The molecule has 0 aliphatic carbocycles.